The van der Waals surface area contributed by atoms with E-state index >= 15 is 0 Å². The van der Waals surface area contributed by atoms with Gasteiger partial charge in [0.05, 0.1) is 4.87 Å². The van der Waals surface area contributed by atoms with E-state index in [1.165, 1.54) is 16.9 Å². The predicted octanol–water partition coefficient (Wildman–Crippen LogP) is 3.89. The molecule has 2 atom stereocenters. The fraction of sp³-hybridized carbons (Fsp3) is 0.389. The van der Waals surface area contributed by atoms with Crippen molar-refractivity contribution in [2.45, 2.75) is 37.1 Å². The maximum atomic E-state index is 12.7. The Morgan fingerprint density at radius 1 is 1.42 bits per heavy atom. The number of amides is 2. The number of carbonyl (C=O) groups is 2. The first-order valence-corrected chi connectivity index (χ1v) is 11.0. The van der Waals surface area contributed by atoms with Gasteiger partial charge in [0, 0.05) is 34.1 Å². The normalized spacial score (nSPS) is 24.8. The number of nitrogens with zero attached hydrogens (tertiary/aromatic N) is 2. The first-order valence-electron chi connectivity index (χ1n) is 8.41. The molecule has 1 aromatic heterocycles. The van der Waals surface area contributed by atoms with E-state index in [-0.39, 0.29) is 16.7 Å². The van der Waals surface area contributed by atoms with Gasteiger partial charge in [0.1, 0.15) is 6.04 Å². The molecule has 5 nitrogen and oxygen atoms in total. The molecule has 2 amide bonds. The molecule has 2 saturated heterocycles. The van der Waals surface area contributed by atoms with E-state index in [0.29, 0.717) is 17.3 Å². The highest BCUT2D eigenvalue weighted by atomic mass is 79.9. The van der Waals surface area contributed by atoms with Crippen LogP contribution in [0.25, 0.3) is 0 Å². The fourth-order valence-electron chi connectivity index (χ4n) is 3.45. The molecule has 2 aromatic rings. The van der Waals surface area contributed by atoms with E-state index in [9.17, 15) is 9.59 Å². The van der Waals surface area contributed by atoms with Crippen LogP contribution in [0.1, 0.15) is 30.2 Å². The van der Waals surface area contributed by atoms with Crippen molar-refractivity contribution in [1.82, 2.24) is 9.88 Å². The maximum absolute atomic E-state index is 12.7. The van der Waals surface area contributed by atoms with Crippen LogP contribution in [0.15, 0.2) is 34.9 Å². The Morgan fingerprint density at radius 3 is 2.96 bits per heavy atom. The third-order valence-corrected chi connectivity index (χ3v) is 7.77. The second-order valence-electron chi connectivity index (χ2n) is 6.69. The topological polar surface area (TPSA) is 62.3 Å². The third kappa shape index (κ3) is 3.42. The zero-order valence-corrected chi connectivity index (χ0v) is 17.4. The maximum Gasteiger partial charge on any atom is 0.249 e. The summed E-state index contributed by atoms with van der Waals surface area (Å²) < 4.78 is 1.05. The molecule has 0 spiro atoms. The number of aromatic nitrogens is 1. The Bertz CT molecular complexity index is 854. The quantitative estimate of drug-likeness (QED) is 0.765. The van der Waals surface area contributed by atoms with Gasteiger partial charge >= 0.3 is 0 Å². The molecule has 1 N–H and O–H groups in total. The van der Waals surface area contributed by atoms with E-state index in [4.69, 9.17) is 0 Å². The summed E-state index contributed by atoms with van der Waals surface area (Å²) in [7, 11) is 0. The number of carbonyl (C=O) groups excluding carboxylic acids is 2. The second kappa shape index (κ2) is 6.98. The molecule has 0 saturated carbocycles. The molecular weight excluding hydrogens is 434 g/mol. The van der Waals surface area contributed by atoms with Crippen molar-refractivity contribution in [2.75, 3.05) is 11.1 Å². The van der Waals surface area contributed by atoms with Crippen LogP contribution in [-0.2, 0) is 16.0 Å². The molecular formula is C18H18BrN3O2S2. The van der Waals surface area contributed by atoms with Gasteiger partial charge in [0.25, 0.3) is 0 Å². The third-order valence-electron chi connectivity index (χ3n) is 4.82. The number of benzene rings is 1. The van der Waals surface area contributed by atoms with E-state index in [0.717, 1.165) is 22.2 Å². The number of rotatable bonds is 4. The lowest BCUT2D eigenvalue weighted by Crippen LogP contribution is -2.48. The first kappa shape index (κ1) is 18.0. The molecule has 2 aliphatic rings. The van der Waals surface area contributed by atoms with Gasteiger partial charge in [-0.05, 0) is 31.0 Å². The highest BCUT2D eigenvalue weighted by Gasteiger charge is 2.52. The van der Waals surface area contributed by atoms with Gasteiger partial charge in [-0.15, -0.1) is 23.1 Å². The molecule has 2 fully saturated rings. The second-order valence-corrected chi connectivity index (χ2v) is 10.2. The number of thiazole rings is 1. The molecule has 26 heavy (non-hydrogen) atoms. The van der Waals surface area contributed by atoms with Crippen molar-refractivity contribution < 1.29 is 9.59 Å². The number of thioether (sulfide) groups is 1. The SMILES string of the molecule is C[C@@]12CCC(=O)N1[C@@H](C(=O)Nc1ncc(Cc3ccc(Br)cc3)s1)CS2. The van der Waals surface area contributed by atoms with Crippen LogP contribution in [0.2, 0.25) is 0 Å². The van der Waals surface area contributed by atoms with Crippen LogP contribution in [0.5, 0.6) is 0 Å². The molecule has 0 radical (unpaired) electrons. The zero-order chi connectivity index (χ0) is 18.3. The standard InChI is InChI=1S/C18H18BrN3O2S2/c1-18-7-6-15(23)22(18)14(10-25-18)16(24)21-17-20-9-13(26-17)8-11-2-4-12(19)5-3-11/h2-5,9,14H,6-8,10H2,1H3,(H,20,21,24)/t14-,18-/m1/s1. The first-order chi connectivity index (χ1) is 12.4. The molecule has 0 bridgehead atoms. The van der Waals surface area contributed by atoms with Gasteiger partial charge in [-0.25, -0.2) is 4.98 Å². The number of nitrogens with one attached hydrogen (secondary N) is 1. The van der Waals surface area contributed by atoms with Crippen molar-refractivity contribution >= 4 is 56.0 Å². The minimum Gasteiger partial charge on any atom is -0.315 e. The van der Waals surface area contributed by atoms with Crippen LogP contribution < -0.4 is 5.32 Å². The number of halogens is 1. The molecule has 1 aromatic carbocycles. The summed E-state index contributed by atoms with van der Waals surface area (Å²) in [5, 5.41) is 3.49. The molecule has 0 unspecified atom stereocenters. The van der Waals surface area contributed by atoms with Crippen molar-refractivity contribution in [3.8, 4) is 0 Å². The lowest BCUT2D eigenvalue weighted by Gasteiger charge is -2.29. The average Bonchev–Trinajstić information content (AvgIpc) is 3.26. The zero-order valence-electron chi connectivity index (χ0n) is 14.2. The molecule has 4 rings (SSSR count). The minimum atomic E-state index is -0.404. The molecule has 2 aliphatic heterocycles. The Morgan fingerprint density at radius 2 is 2.19 bits per heavy atom. The van der Waals surface area contributed by atoms with Crippen molar-refractivity contribution in [2.24, 2.45) is 0 Å². The minimum absolute atomic E-state index is 0.0766. The van der Waals surface area contributed by atoms with Crippen molar-refractivity contribution in [3.63, 3.8) is 0 Å². The van der Waals surface area contributed by atoms with Crippen LogP contribution >= 0.6 is 39.0 Å². The summed E-state index contributed by atoms with van der Waals surface area (Å²) in [4.78, 5) is 31.8. The number of hydrogen-bond donors (Lipinski definition) is 1. The van der Waals surface area contributed by atoms with Crippen LogP contribution in [-0.4, -0.2) is 38.4 Å². The summed E-state index contributed by atoms with van der Waals surface area (Å²) in [5.74, 6) is 0.583. The van der Waals surface area contributed by atoms with Gasteiger partial charge in [-0.1, -0.05) is 28.1 Å². The largest absolute Gasteiger partial charge is 0.315 e. The Balaban J connectivity index is 1.42. The van der Waals surface area contributed by atoms with E-state index in [1.54, 1.807) is 22.9 Å². The highest BCUT2D eigenvalue weighted by Crippen LogP contribution is 2.47. The summed E-state index contributed by atoms with van der Waals surface area (Å²) in [6.45, 7) is 2.05. The monoisotopic (exact) mass is 451 g/mol. The van der Waals surface area contributed by atoms with Gasteiger partial charge in [-0.3, -0.25) is 9.59 Å². The van der Waals surface area contributed by atoms with E-state index in [2.05, 4.69) is 45.3 Å². The summed E-state index contributed by atoms with van der Waals surface area (Å²) in [6.07, 6.45) is 3.93. The van der Waals surface area contributed by atoms with E-state index < -0.39 is 6.04 Å². The number of anilines is 1. The molecule has 8 heteroatoms. The van der Waals surface area contributed by atoms with Crippen LogP contribution in [0.3, 0.4) is 0 Å². The van der Waals surface area contributed by atoms with Gasteiger partial charge in [0.2, 0.25) is 11.8 Å². The van der Waals surface area contributed by atoms with Gasteiger partial charge in [0.15, 0.2) is 5.13 Å². The average molecular weight is 452 g/mol. The smallest absolute Gasteiger partial charge is 0.249 e. The Labute approximate surface area is 168 Å². The predicted molar refractivity (Wildman–Crippen MR) is 108 cm³/mol. The number of hydrogen-bond acceptors (Lipinski definition) is 5. The van der Waals surface area contributed by atoms with Crippen molar-refractivity contribution in [3.05, 3.63) is 45.4 Å². The lowest BCUT2D eigenvalue weighted by atomic mass is 10.1. The lowest BCUT2D eigenvalue weighted by molar-refractivity contribution is -0.135. The highest BCUT2D eigenvalue weighted by molar-refractivity contribution is 9.10. The van der Waals surface area contributed by atoms with Gasteiger partial charge < -0.3 is 10.2 Å². The van der Waals surface area contributed by atoms with E-state index in [1.807, 2.05) is 12.1 Å². The summed E-state index contributed by atoms with van der Waals surface area (Å²) in [5.41, 5.74) is 1.19. The van der Waals surface area contributed by atoms with Crippen molar-refractivity contribution in [1.29, 1.82) is 0 Å². The van der Waals surface area contributed by atoms with Gasteiger partial charge in [-0.2, -0.15) is 0 Å². The summed E-state index contributed by atoms with van der Waals surface area (Å²) >= 11 is 6.61. The molecule has 0 aliphatic carbocycles. The van der Waals surface area contributed by atoms with Crippen LogP contribution in [0, 0.1) is 0 Å². The Kier molecular flexibility index (Phi) is 4.83. The number of fused-ring (bicyclic) bond motifs is 1. The Hall–Kier alpha value is -1.38. The molecule has 136 valence electrons. The molecule has 3 heterocycles. The summed E-state index contributed by atoms with van der Waals surface area (Å²) in [6, 6.07) is 7.76. The fourth-order valence-corrected chi connectivity index (χ4v) is 6.00. The van der Waals surface area contributed by atoms with Crippen LogP contribution in [0.4, 0.5) is 5.13 Å².